The van der Waals surface area contributed by atoms with Gasteiger partial charge in [0, 0.05) is 46.0 Å². The Morgan fingerprint density at radius 1 is 0.792 bits per heavy atom. The van der Waals surface area contributed by atoms with E-state index in [-0.39, 0.29) is 72.7 Å². The summed E-state index contributed by atoms with van der Waals surface area (Å²) < 4.78 is 5.40. The van der Waals surface area contributed by atoms with Gasteiger partial charge < -0.3 is 36.2 Å². The summed E-state index contributed by atoms with van der Waals surface area (Å²) in [6.07, 6.45) is 6.11. The number of ether oxygens (including phenoxy) is 1. The van der Waals surface area contributed by atoms with Crippen molar-refractivity contribution in [2.45, 2.75) is 101 Å². The second-order valence-corrected chi connectivity index (χ2v) is 16.6. The molecule has 0 aromatic heterocycles. The summed E-state index contributed by atoms with van der Waals surface area (Å²) in [4.78, 5) is 63.4. The Labute approximate surface area is 321 Å². The van der Waals surface area contributed by atoms with Crippen LogP contribution < -0.4 is 21.7 Å². The predicted molar refractivity (Wildman–Crippen MR) is 204 cm³/mol. The molecule has 0 atom stereocenters. The highest BCUT2D eigenvalue weighted by molar-refractivity contribution is 6.30. The van der Waals surface area contributed by atoms with E-state index in [1.165, 1.54) is 5.56 Å². The van der Waals surface area contributed by atoms with Crippen LogP contribution in [0.3, 0.4) is 0 Å². The lowest BCUT2D eigenvalue weighted by Crippen LogP contribution is -2.57. The van der Waals surface area contributed by atoms with E-state index in [1.807, 2.05) is 63.2 Å². The average molecular weight is 772 g/mol. The number of rotatable bonds is 7. The van der Waals surface area contributed by atoms with Crippen molar-refractivity contribution in [2.24, 2.45) is 5.73 Å². The van der Waals surface area contributed by atoms with Crippen LogP contribution in [-0.2, 0) is 34.7 Å². The molecule has 0 radical (unpaired) electrons. The summed E-state index contributed by atoms with van der Waals surface area (Å²) in [5, 5.41) is 9.49. The lowest BCUT2D eigenvalue weighted by atomic mass is 9.67. The summed E-state index contributed by atoms with van der Waals surface area (Å²) >= 11 is 12.4. The standard InChI is InChI=1S/C22H30ClN3O4.C17H22ClN3O2/c1-21(2,3)30-20(29)25-14-22(15-5-4-6-16(23)11-15)9-7-17(8-10-22)26-13-18(27)24-12-19(26)28;18-13-3-1-2-12(8-13)17(11-19)6-4-14(5-7-17)21-10-15(22)20-9-16(21)23/h4-6,11,17H,7-10,12-14H2,1-3H3,(H,24,27)(H,25,29);1-3,8,14H,4-7,9-11,19H2,(H,20,22). The maximum Gasteiger partial charge on any atom is 0.407 e. The van der Waals surface area contributed by atoms with Crippen LogP contribution >= 0.6 is 23.2 Å². The van der Waals surface area contributed by atoms with Crippen LogP contribution in [0.5, 0.6) is 0 Å². The molecule has 4 aliphatic rings. The number of nitrogens with two attached hydrogens (primary N) is 1. The van der Waals surface area contributed by atoms with Crippen LogP contribution in [0.2, 0.25) is 10.0 Å². The lowest BCUT2D eigenvalue weighted by molar-refractivity contribution is -0.143. The summed E-state index contributed by atoms with van der Waals surface area (Å²) in [6.45, 7) is 6.95. The van der Waals surface area contributed by atoms with E-state index in [0.717, 1.165) is 62.0 Å². The minimum atomic E-state index is -0.569. The molecule has 0 bridgehead atoms. The van der Waals surface area contributed by atoms with Gasteiger partial charge in [0.2, 0.25) is 23.6 Å². The van der Waals surface area contributed by atoms with Crippen molar-refractivity contribution in [3.8, 4) is 0 Å². The Hall–Kier alpha value is -3.87. The molecule has 2 saturated carbocycles. The smallest absolute Gasteiger partial charge is 0.407 e. The largest absolute Gasteiger partial charge is 0.444 e. The number of nitrogens with zero attached hydrogens (tertiary/aromatic N) is 2. The van der Waals surface area contributed by atoms with Gasteiger partial charge in [0.1, 0.15) is 5.60 Å². The topological polar surface area (TPSA) is 163 Å². The van der Waals surface area contributed by atoms with Crippen LogP contribution in [0.15, 0.2) is 48.5 Å². The van der Waals surface area contributed by atoms with Crippen molar-refractivity contribution < 1.29 is 28.7 Å². The molecule has 2 aromatic rings. The molecule has 53 heavy (non-hydrogen) atoms. The summed E-state index contributed by atoms with van der Waals surface area (Å²) in [6, 6.07) is 15.8. The van der Waals surface area contributed by atoms with E-state index in [9.17, 15) is 24.0 Å². The third kappa shape index (κ3) is 10.2. The number of carbonyl (C=O) groups excluding carboxylic acids is 5. The first-order valence-electron chi connectivity index (χ1n) is 18.4. The number of nitrogens with one attached hydrogen (secondary N) is 3. The normalized spacial score (nSPS) is 26.5. The third-order valence-corrected chi connectivity index (χ3v) is 11.6. The van der Waals surface area contributed by atoms with E-state index in [2.05, 4.69) is 22.0 Å². The van der Waals surface area contributed by atoms with Gasteiger partial charge in [-0.25, -0.2) is 4.79 Å². The van der Waals surface area contributed by atoms with Gasteiger partial charge in [-0.1, -0.05) is 47.5 Å². The van der Waals surface area contributed by atoms with Crippen LogP contribution in [0.1, 0.15) is 83.3 Å². The molecule has 0 spiro atoms. The maximum atomic E-state index is 12.3. The minimum Gasteiger partial charge on any atom is -0.444 e. The summed E-state index contributed by atoms with van der Waals surface area (Å²) in [7, 11) is 0. The minimum absolute atomic E-state index is 0.0117. The van der Waals surface area contributed by atoms with Gasteiger partial charge in [0.25, 0.3) is 0 Å². The van der Waals surface area contributed by atoms with E-state index >= 15 is 0 Å². The van der Waals surface area contributed by atoms with Gasteiger partial charge in [-0.2, -0.15) is 0 Å². The van der Waals surface area contributed by atoms with Crippen molar-refractivity contribution >= 4 is 52.9 Å². The first kappa shape index (κ1) is 40.3. The molecule has 0 unspecified atom stereocenters. The summed E-state index contributed by atoms with van der Waals surface area (Å²) in [5.74, 6) is -0.220. The van der Waals surface area contributed by atoms with E-state index in [0.29, 0.717) is 18.1 Å². The first-order valence-corrected chi connectivity index (χ1v) is 19.2. The molecule has 2 aromatic carbocycles. The maximum absolute atomic E-state index is 12.3. The SMILES string of the molecule is CC(C)(C)OC(=O)NCC1(c2cccc(Cl)c2)CCC(N2CC(=O)NCC2=O)CC1.NCC1(c2cccc(Cl)c2)CCC(N2CC(=O)NCC2=O)CC1. The van der Waals surface area contributed by atoms with Crippen LogP contribution in [-0.4, -0.2) is 96.5 Å². The number of hydrogen-bond donors (Lipinski definition) is 4. The second kappa shape index (κ2) is 17.1. The first-order chi connectivity index (χ1) is 25.1. The van der Waals surface area contributed by atoms with Crippen LogP contribution in [0.25, 0.3) is 0 Å². The highest BCUT2D eigenvalue weighted by Crippen LogP contribution is 2.42. The lowest BCUT2D eigenvalue weighted by Gasteiger charge is -2.44. The molecule has 12 nitrogen and oxygen atoms in total. The second-order valence-electron chi connectivity index (χ2n) is 15.7. The zero-order valence-electron chi connectivity index (χ0n) is 30.9. The molecule has 288 valence electrons. The highest BCUT2D eigenvalue weighted by atomic mass is 35.5. The number of piperazine rings is 2. The molecular weight excluding hydrogens is 719 g/mol. The number of halogens is 2. The van der Waals surface area contributed by atoms with Gasteiger partial charge in [-0.05, 0) is 108 Å². The third-order valence-electron chi connectivity index (χ3n) is 11.1. The highest BCUT2D eigenvalue weighted by Gasteiger charge is 2.42. The van der Waals surface area contributed by atoms with E-state index in [1.54, 1.807) is 9.80 Å². The fourth-order valence-electron chi connectivity index (χ4n) is 8.12. The van der Waals surface area contributed by atoms with Crippen molar-refractivity contribution in [2.75, 3.05) is 39.3 Å². The Morgan fingerprint density at radius 3 is 1.64 bits per heavy atom. The molecule has 14 heteroatoms. The van der Waals surface area contributed by atoms with E-state index < -0.39 is 11.7 Å². The molecule has 2 saturated heterocycles. The molecule has 2 aliphatic carbocycles. The monoisotopic (exact) mass is 770 g/mol. The Bertz CT molecular complexity index is 1670. The van der Waals surface area contributed by atoms with Gasteiger partial charge in [0.15, 0.2) is 0 Å². The van der Waals surface area contributed by atoms with E-state index in [4.69, 9.17) is 33.7 Å². The number of benzene rings is 2. The zero-order valence-corrected chi connectivity index (χ0v) is 32.4. The molecule has 2 heterocycles. The van der Waals surface area contributed by atoms with Gasteiger partial charge in [0.05, 0.1) is 26.2 Å². The fourth-order valence-corrected chi connectivity index (χ4v) is 8.50. The fraction of sp³-hybridized carbons (Fsp3) is 0.564. The molecule has 5 N–H and O–H groups in total. The van der Waals surface area contributed by atoms with Crippen molar-refractivity contribution in [1.82, 2.24) is 25.8 Å². The molecule has 4 fully saturated rings. The quantitative estimate of drug-likeness (QED) is 0.324. The van der Waals surface area contributed by atoms with Crippen LogP contribution in [0, 0.1) is 0 Å². The number of carbonyl (C=O) groups is 5. The molecule has 6 rings (SSSR count). The number of alkyl carbamates (subject to hydrolysis) is 1. The molecule has 5 amide bonds. The Kier molecular flexibility index (Phi) is 13.0. The van der Waals surface area contributed by atoms with Gasteiger partial charge >= 0.3 is 6.09 Å². The van der Waals surface area contributed by atoms with Crippen molar-refractivity contribution in [3.05, 3.63) is 69.7 Å². The van der Waals surface area contributed by atoms with Gasteiger partial charge in [-0.3, -0.25) is 19.2 Å². The zero-order chi connectivity index (χ0) is 38.4. The summed E-state index contributed by atoms with van der Waals surface area (Å²) in [5.41, 5.74) is 7.39. The van der Waals surface area contributed by atoms with Crippen LogP contribution in [0.4, 0.5) is 4.79 Å². The predicted octanol–water partition coefficient (Wildman–Crippen LogP) is 4.44. The molecule has 2 aliphatic heterocycles. The average Bonchev–Trinajstić information content (AvgIpc) is 3.13. The van der Waals surface area contributed by atoms with Crippen molar-refractivity contribution in [3.63, 3.8) is 0 Å². The molecular formula is C39H52Cl2N6O6. The van der Waals surface area contributed by atoms with Crippen molar-refractivity contribution in [1.29, 1.82) is 0 Å². The number of amides is 5. The number of hydrogen-bond acceptors (Lipinski definition) is 7. The van der Waals surface area contributed by atoms with Gasteiger partial charge in [-0.15, -0.1) is 0 Å². The Morgan fingerprint density at radius 2 is 1.23 bits per heavy atom. The Balaban J connectivity index is 0.000000211.